The van der Waals surface area contributed by atoms with E-state index in [2.05, 4.69) is 45.5 Å². The van der Waals surface area contributed by atoms with E-state index in [1.807, 2.05) is 18.2 Å². The first-order chi connectivity index (χ1) is 8.82. The van der Waals surface area contributed by atoms with Gasteiger partial charge in [-0.25, -0.2) is 4.79 Å². The maximum absolute atomic E-state index is 11.2. The van der Waals surface area contributed by atoms with E-state index in [1.165, 1.54) is 5.19 Å². The summed E-state index contributed by atoms with van der Waals surface area (Å²) in [4.78, 5) is 11.2. The quantitative estimate of drug-likeness (QED) is 0.657. The van der Waals surface area contributed by atoms with Crippen molar-refractivity contribution in [1.29, 1.82) is 0 Å². The average molecular weight is 276 g/mol. The molecule has 0 saturated heterocycles. The Bertz CT molecular complexity index is 453. The monoisotopic (exact) mass is 276 g/mol. The second-order valence-corrected chi connectivity index (χ2v) is 10.8. The topological polar surface area (TPSA) is 37.3 Å². The number of carbonyl (C=O) groups is 1. The molecular weight excluding hydrogens is 252 g/mol. The van der Waals surface area contributed by atoms with Crippen LogP contribution in [0.1, 0.15) is 34.6 Å². The van der Waals surface area contributed by atoms with Crippen LogP contribution in [0.15, 0.2) is 41.6 Å². The third-order valence-electron chi connectivity index (χ3n) is 3.98. The fraction of sp³-hybridized carbons (Fsp3) is 0.438. The van der Waals surface area contributed by atoms with Crippen molar-refractivity contribution in [1.82, 2.24) is 0 Å². The smallest absolute Gasteiger partial charge is 0.330 e. The highest BCUT2D eigenvalue weighted by atomic mass is 28.3. The zero-order valence-corrected chi connectivity index (χ0v) is 13.5. The van der Waals surface area contributed by atoms with Gasteiger partial charge in [-0.05, 0) is 18.0 Å². The van der Waals surface area contributed by atoms with E-state index in [4.69, 9.17) is 0 Å². The van der Waals surface area contributed by atoms with Gasteiger partial charge < -0.3 is 5.11 Å². The molecule has 104 valence electrons. The van der Waals surface area contributed by atoms with Crippen LogP contribution in [0.25, 0.3) is 0 Å². The summed E-state index contributed by atoms with van der Waals surface area (Å²) in [5.74, 6) is -0.811. The second-order valence-electron chi connectivity index (χ2n) is 5.74. The van der Waals surface area contributed by atoms with E-state index in [0.29, 0.717) is 16.7 Å². The van der Waals surface area contributed by atoms with Crippen LogP contribution in [0.4, 0.5) is 0 Å². The molecule has 0 fully saturated rings. The predicted octanol–water partition coefficient (Wildman–Crippen LogP) is 3.73. The van der Waals surface area contributed by atoms with Gasteiger partial charge in [0.1, 0.15) is 8.07 Å². The lowest BCUT2D eigenvalue weighted by atomic mass is 10.4. The Hall–Kier alpha value is -1.35. The van der Waals surface area contributed by atoms with Crippen LogP contribution in [-0.4, -0.2) is 19.1 Å². The van der Waals surface area contributed by atoms with Gasteiger partial charge in [-0.1, -0.05) is 68.9 Å². The largest absolute Gasteiger partial charge is 0.478 e. The van der Waals surface area contributed by atoms with Crippen molar-refractivity contribution in [3.05, 3.63) is 41.6 Å². The second kappa shape index (κ2) is 6.20. The molecule has 0 radical (unpaired) electrons. The van der Waals surface area contributed by atoms with Crippen LogP contribution in [0.2, 0.25) is 11.1 Å². The molecule has 3 heteroatoms. The third-order valence-corrected chi connectivity index (χ3v) is 10.0. The van der Waals surface area contributed by atoms with Crippen LogP contribution < -0.4 is 5.19 Å². The minimum atomic E-state index is -2.00. The lowest BCUT2D eigenvalue weighted by Gasteiger charge is -2.37. The number of aliphatic carboxylic acids is 1. The van der Waals surface area contributed by atoms with Crippen LogP contribution in [0, 0.1) is 0 Å². The molecule has 1 aromatic rings. The fourth-order valence-corrected chi connectivity index (χ4v) is 8.01. The number of hydrogen-bond acceptors (Lipinski definition) is 1. The molecule has 0 amide bonds. The molecular formula is C16H24O2Si. The molecule has 0 heterocycles. The van der Waals surface area contributed by atoms with Gasteiger partial charge in [0, 0.05) is 5.57 Å². The Morgan fingerprint density at radius 1 is 1.11 bits per heavy atom. The highest BCUT2D eigenvalue weighted by Gasteiger charge is 2.40. The molecule has 0 saturated carbocycles. The first-order valence-corrected chi connectivity index (χ1v) is 9.03. The maximum atomic E-state index is 11.2. The summed E-state index contributed by atoms with van der Waals surface area (Å²) in [6.45, 7) is 10.6. The molecule has 0 atom stereocenters. The molecule has 0 bridgehead atoms. The van der Waals surface area contributed by atoms with Gasteiger partial charge in [-0.3, -0.25) is 0 Å². The van der Waals surface area contributed by atoms with Gasteiger partial charge >= 0.3 is 5.97 Å². The molecule has 0 unspecified atom stereocenters. The van der Waals surface area contributed by atoms with Crippen LogP contribution in [0.5, 0.6) is 0 Å². The summed E-state index contributed by atoms with van der Waals surface area (Å²) < 4.78 is 0. The Balaban J connectivity index is 3.49. The van der Waals surface area contributed by atoms with Crippen molar-refractivity contribution < 1.29 is 9.90 Å². The predicted molar refractivity (Wildman–Crippen MR) is 83.4 cm³/mol. The first-order valence-electron chi connectivity index (χ1n) is 6.80. The number of carboxylic acids is 1. The molecule has 0 spiro atoms. The molecule has 0 aliphatic rings. The highest BCUT2D eigenvalue weighted by molar-refractivity contribution is 6.98. The molecule has 1 rings (SSSR count). The molecule has 1 aromatic carbocycles. The molecule has 0 aliphatic heterocycles. The SMILES string of the molecule is CC(=C[Si](c1ccccc1)(C(C)C)C(C)C)C(=O)O. The van der Waals surface area contributed by atoms with Gasteiger partial charge in [0.2, 0.25) is 0 Å². The molecule has 1 N–H and O–H groups in total. The third kappa shape index (κ3) is 3.15. The summed E-state index contributed by atoms with van der Waals surface area (Å²) >= 11 is 0. The average Bonchev–Trinajstić information content (AvgIpc) is 2.35. The number of hydrogen-bond donors (Lipinski definition) is 1. The van der Waals surface area contributed by atoms with E-state index < -0.39 is 14.0 Å². The van der Waals surface area contributed by atoms with Gasteiger partial charge in [0.05, 0.1) is 0 Å². The van der Waals surface area contributed by atoms with Crippen molar-refractivity contribution >= 4 is 19.2 Å². The summed E-state index contributed by atoms with van der Waals surface area (Å²) in [7, 11) is -2.00. The zero-order chi connectivity index (χ0) is 14.6. The lowest BCUT2D eigenvalue weighted by Crippen LogP contribution is -2.52. The molecule has 19 heavy (non-hydrogen) atoms. The van der Waals surface area contributed by atoms with Crippen molar-refractivity contribution in [2.75, 3.05) is 0 Å². The Kier molecular flexibility index (Phi) is 5.12. The van der Waals surface area contributed by atoms with E-state index in [-0.39, 0.29) is 0 Å². The Morgan fingerprint density at radius 2 is 1.58 bits per heavy atom. The van der Waals surface area contributed by atoms with Gasteiger partial charge in [-0.15, -0.1) is 0 Å². The van der Waals surface area contributed by atoms with E-state index >= 15 is 0 Å². The maximum Gasteiger partial charge on any atom is 0.330 e. The van der Waals surface area contributed by atoms with Crippen molar-refractivity contribution in [3.8, 4) is 0 Å². The van der Waals surface area contributed by atoms with Gasteiger partial charge in [-0.2, -0.15) is 0 Å². The van der Waals surface area contributed by atoms with Crippen molar-refractivity contribution in [2.24, 2.45) is 0 Å². The van der Waals surface area contributed by atoms with Crippen LogP contribution in [0.3, 0.4) is 0 Å². The minimum Gasteiger partial charge on any atom is -0.478 e. The van der Waals surface area contributed by atoms with Gasteiger partial charge in [0.25, 0.3) is 0 Å². The lowest BCUT2D eigenvalue weighted by molar-refractivity contribution is -0.132. The van der Waals surface area contributed by atoms with Crippen LogP contribution in [-0.2, 0) is 4.79 Å². The molecule has 2 nitrogen and oxygen atoms in total. The van der Waals surface area contributed by atoms with E-state index in [1.54, 1.807) is 6.92 Å². The minimum absolute atomic E-state index is 0.462. The Morgan fingerprint density at radius 3 is 1.95 bits per heavy atom. The van der Waals surface area contributed by atoms with E-state index in [9.17, 15) is 9.90 Å². The van der Waals surface area contributed by atoms with E-state index in [0.717, 1.165) is 0 Å². The summed E-state index contributed by atoms with van der Waals surface area (Å²) in [6, 6.07) is 10.4. The normalized spacial score (nSPS) is 13.1. The first kappa shape index (κ1) is 15.7. The van der Waals surface area contributed by atoms with Crippen molar-refractivity contribution in [2.45, 2.75) is 45.7 Å². The standard InChI is InChI=1S/C16H24O2Si/c1-12(2)19(13(3)4,11-14(5)16(17)18)15-9-7-6-8-10-15/h6-13H,1-5H3,(H,17,18). The Labute approximate surface area is 117 Å². The zero-order valence-electron chi connectivity index (χ0n) is 12.5. The number of benzene rings is 1. The molecule has 0 aliphatic carbocycles. The summed E-state index contributed by atoms with van der Waals surface area (Å²) in [5.41, 5.74) is 3.46. The number of rotatable bonds is 5. The number of carboxylic acid groups (broad SMARTS) is 1. The summed E-state index contributed by atoms with van der Waals surface area (Å²) in [5, 5.41) is 10.5. The van der Waals surface area contributed by atoms with Crippen LogP contribution >= 0.6 is 0 Å². The fourth-order valence-electron chi connectivity index (χ4n) is 2.90. The van der Waals surface area contributed by atoms with Gasteiger partial charge in [0.15, 0.2) is 0 Å². The highest BCUT2D eigenvalue weighted by Crippen LogP contribution is 2.34. The molecule has 0 aromatic heterocycles. The summed E-state index contributed by atoms with van der Waals surface area (Å²) in [6.07, 6.45) is 0. The van der Waals surface area contributed by atoms with Crippen molar-refractivity contribution in [3.63, 3.8) is 0 Å².